The number of aryl methyl sites for hydroxylation is 2. The van der Waals surface area contributed by atoms with Gasteiger partial charge >= 0.3 is 0 Å². The smallest absolute Gasteiger partial charge is 0.158 e. The fourth-order valence-corrected chi connectivity index (χ4v) is 3.42. The van der Waals surface area contributed by atoms with Crippen molar-refractivity contribution >= 4 is 17.2 Å². The molecule has 5 nitrogen and oxygen atoms in total. The van der Waals surface area contributed by atoms with Crippen molar-refractivity contribution in [2.75, 3.05) is 0 Å². The van der Waals surface area contributed by atoms with Crippen LogP contribution in [0.2, 0.25) is 5.02 Å². The van der Waals surface area contributed by atoms with Crippen molar-refractivity contribution < 1.29 is 0 Å². The molecule has 0 aliphatic rings. The molecule has 0 unspecified atom stereocenters. The van der Waals surface area contributed by atoms with Gasteiger partial charge in [-0.05, 0) is 31.5 Å². The van der Waals surface area contributed by atoms with Crippen LogP contribution in [0.15, 0.2) is 48.9 Å². The number of imidazole rings is 1. The largest absolute Gasteiger partial charge is 0.325 e. The van der Waals surface area contributed by atoms with Gasteiger partial charge in [-0.25, -0.2) is 14.5 Å². The van der Waals surface area contributed by atoms with E-state index in [4.69, 9.17) is 21.7 Å². The molecule has 0 aliphatic heterocycles. The molecule has 0 N–H and O–H groups in total. The predicted octanol–water partition coefficient (Wildman–Crippen LogP) is 4.56. The fraction of sp³-hybridized carbons (Fsp3) is 0.250. The predicted molar refractivity (Wildman–Crippen MR) is 103 cm³/mol. The van der Waals surface area contributed by atoms with Crippen LogP contribution in [0.3, 0.4) is 0 Å². The molecule has 0 radical (unpaired) electrons. The van der Waals surface area contributed by atoms with Crippen molar-refractivity contribution in [2.45, 2.75) is 33.2 Å². The van der Waals surface area contributed by atoms with Gasteiger partial charge in [0.2, 0.25) is 0 Å². The molecule has 3 aromatic heterocycles. The molecule has 26 heavy (non-hydrogen) atoms. The first-order chi connectivity index (χ1) is 12.7. The van der Waals surface area contributed by atoms with Crippen LogP contribution in [0.5, 0.6) is 0 Å². The first-order valence-electron chi connectivity index (χ1n) is 8.76. The zero-order valence-corrected chi connectivity index (χ0v) is 15.6. The third kappa shape index (κ3) is 3.10. The molecule has 1 aromatic carbocycles. The van der Waals surface area contributed by atoms with E-state index in [2.05, 4.69) is 16.5 Å². The lowest BCUT2D eigenvalue weighted by molar-refractivity contribution is 0.750. The highest BCUT2D eigenvalue weighted by Crippen LogP contribution is 2.24. The second kappa shape index (κ2) is 6.92. The Hall–Kier alpha value is -2.66. The van der Waals surface area contributed by atoms with Crippen molar-refractivity contribution in [1.82, 2.24) is 24.1 Å². The van der Waals surface area contributed by atoms with E-state index in [1.165, 1.54) is 5.56 Å². The quantitative estimate of drug-likeness (QED) is 0.521. The van der Waals surface area contributed by atoms with Crippen LogP contribution in [0, 0.1) is 6.92 Å². The Morgan fingerprint density at radius 2 is 2.04 bits per heavy atom. The maximum Gasteiger partial charge on any atom is 0.158 e. The lowest BCUT2D eigenvalue weighted by atomic mass is 10.1. The van der Waals surface area contributed by atoms with Crippen molar-refractivity contribution in [2.24, 2.45) is 0 Å². The zero-order chi connectivity index (χ0) is 18.1. The average Bonchev–Trinajstić information content (AvgIpc) is 3.21. The third-order valence-electron chi connectivity index (χ3n) is 4.42. The number of rotatable bonds is 5. The molecule has 6 heteroatoms. The lowest BCUT2D eigenvalue weighted by Gasteiger charge is -2.08. The summed E-state index contributed by atoms with van der Waals surface area (Å²) in [4.78, 5) is 9.22. The number of aromatic nitrogens is 5. The van der Waals surface area contributed by atoms with Gasteiger partial charge in [-0.1, -0.05) is 37.1 Å². The fourth-order valence-electron chi connectivity index (χ4n) is 3.23. The molecule has 0 fully saturated rings. The Labute approximate surface area is 157 Å². The van der Waals surface area contributed by atoms with Crippen LogP contribution in [0.1, 0.15) is 30.3 Å². The minimum absolute atomic E-state index is 0.652. The van der Waals surface area contributed by atoms with E-state index in [0.717, 1.165) is 41.3 Å². The molecule has 0 atom stereocenters. The zero-order valence-electron chi connectivity index (χ0n) is 14.9. The molecule has 132 valence electrons. The van der Waals surface area contributed by atoms with E-state index >= 15 is 0 Å². The summed E-state index contributed by atoms with van der Waals surface area (Å²) in [5.41, 5.74) is 5.19. The Balaban J connectivity index is 1.77. The Morgan fingerprint density at radius 1 is 1.15 bits per heavy atom. The van der Waals surface area contributed by atoms with E-state index in [1.54, 1.807) is 0 Å². The van der Waals surface area contributed by atoms with Gasteiger partial charge in [0.25, 0.3) is 0 Å². The van der Waals surface area contributed by atoms with Crippen LogP contribution >= 0.6 is 11.6 Å². The minimum atomic E-state index is 0.652. The summed E-state index contributed by atoms with van der Waals surface area (Å²) in [6.07, 6.45) is 7.78. The molecular weight excluding hydrogens is 346 g/mol. The lowest BCUT2D eigenvalue weighted by Crippen LogP contribution is -2.04. The average molecular weight is 366 g/mol. The number of halogens is 1. The van der Waals surface area contributed by atoms with E-state index in [0.29, 0.717) is 11.6 Å². The molecule has 0 saturated heterocycles. The van der Waals surface area contributed by atoms with E-state index in [1.807, 2.05) is 60.4 Å². The Bertz CT molecular complexity index is 1060. The van der Waals surface area contributed by atoms with Crippen molar-refractivity contribution in [1.29, 1.82) is 0 Å². The first kappa shape index (κ1) is 16.8. The summed E-state index contributed by atoms with van der Waals surface area (Å²) in [7, 11) is 0. The van der Waals surface area contributed by atoms with Gasteiger partial charge in [-0.15, -0.1) is 0 Å². The molecule has 0 bridgehead atoms. The Kier molecular flexibility index (Phi) is 4.47. The first-order valence-corrected chi connectivity index (χ1v) is 9.14. The van der Waals surface area contributed by atoms with Gasteiger partial charge in [-0.2, -0.15) is 5.10 Å². The summed E-state index contributed by atoms with van der Waals surface area (Å²) in [6.45, 7) is 4.84. The van der Waals surface area contributed by atoms with Gasteiger partial charge in [0, 0.05) is 40.4 Å². The van der Waals surface area contributed by atoms with Gasteiger partial charge in [0.1, 0.15) is 5.82 Å². The van der Waals surface area contributed by atoms with Crippen LogP contribution in [-0.2, 0) is 13.0 Å². The summed E-state index contributed by atoms with van der Waals surface area (Å²) >= 11 is 6.15. The number of hydrogen-bond acceptors (Lipinski definition) is 3. The highest BCUT2D eigenvalue weighted by Gasteiger charge is 2.16. The number of benzene rings is 1. The van der Waals surface area contributed by atoms with Crippen molar-refractivity contribution in [3.63, 3.8) is 0 Å². The summed E-state index contributed by atoms with van der Waals surface area (Å²) < 4.78 is 3.99. The highest BCUT2D eigenvalue weighted by atomic mass is 35.5. The molecule has 0 saturated carbocycles. The molecule has 3 heterocycles. The normalized spacial score (nSPS) is 11.3. The number of fused-ring (bicyclic) bond motifs is 1. The topological polar surface area (TPSA) is 48.0 Å². The van der Waals surface area contributed by atoms with E-state index < -0.39 is 0 Å². The molecule has 0 aliphatic carbocycles. The Morgan fingerprint density at radius 3 is 2.85 bits per heavy atom. The highest BCUT2D eigenvalue weighted by molar-refractivity contribution is 6.30. The van der Waals surface area contributed by atoms with Gasteiger partial charge < -0.3 is 4.57 Å². The van der Waals surface area contributed by atoms with Crippen LogP contribution in [-0.4, -0.2) is 24.1 Å². The SMILES string of the molecule is CCCc1c(Cn2ccnc2-c2cccc(Cl)c2)nn2ccc(C)nc12. The number of nitrogens with zero attached hydrogens (tertiary/aromatic N) is 5. The second-order valence-corrected chi connectivity index (χ2v) is 6.84. The molecule has 4 aromatic rings. The van der Waals surface area contributed by atoms with E-state index in [9.17, 15) is 0 Å². The summed E-state index contributed by atoms with van der Waals surface area (Å²) in [6, 6.07) is 9.74. The van der Waals surface area contributed by atoms with Gasteiger partial charge in [0.05, 0.1) is 12.2 Å². The standard InChI is InChI=1S/C20H20ClN5/c1-3-5-17-18(24-26-10-8-14(2)23-20(17)26)13-25-11-9-22-19(25)15-6-4-7-16(21)12-15/h4,6-12H,3,5,13H2,1-2H3. The molecule has 0 spiro atoms. The van der Waals surface area contributed by atoms with Gasteiger partial charge in [0.15, 0.2) is 5.65 Å². The monoisotopic (exact) mass is 365 g/mol. The maximum atomic E-state index is 6.15. The molecule has 0 amide bonds. The number of hydrogen-bond donors (Lipinski definition) is 0. The molecular formula is C20H20ClN5. The van der Waals surface area contributed by atoms with Gasteiger partial charge in [-0.3, -0.25) is 0 Å². The van der Waals surface area contributed by atoms with Crippen LogP contribution < -0.4 is 0 Å². The van der Waals surface area contributed by atoms with Crippen molar-refractivity contribution in [3.8, 4) is 11.4 Å². The summed E-state index contributed by atoms with van der Waals surface area (Å²) in [5.74, 6) is 0.885. The van der Waals surface area contributed by atoms with E-state index in [-0.39, 0.29) is 0 Å². The third-order valence-corrected chi connectivity index (χ3v) is 4.66. The second-order valence-electron chi connectivity index (χ2n) is 6.40. The molecule has 4 rings (SSSR count). The summed E-state index contributed by atoms with van der Waals surface area (Å²) in [5, 5.41) is 5.48. The van der Waals surface area contributed by atoms with Crippen LogP contribution in [0.4, 0.5) is 0 Å². The minimum Gasteiger partial charge on any atom is -0.325 e. The van der Waals surface area contributed by atoms with Crippen LogP contribution in [0.25, 0.3) is 17.0 Å². The maximum absolute atomic E-state index is 6.15. The van der Waals surface area contributed by atoms with Crippen molar-refractivity contribution in [3.05, 3.63) is 70.9 Å².